The van der Waals surface area contributed by atoms with Gasteiger partial charge in [-0.05, 0) is 133 Å². The fourth-order valence-corrected chi connectivity index (χ4v) is 13.5. The smallest absolute Gasteiger partial charge is 0.306 e. The van der Waals surface area contributed by atoms with E-state index in [9.17, 15) is 19.8 Å². The van der Waals surface area contributed by atoms with Crippen molar-refractivity contribution in [3.05, 3.63) is 10.6 Å². The number of carbonyl (C=O) groups is 2. The van der Waals surface area contributed by atoms with Gasteiger partial charge in [0.05, 0.1) is 35.5 Å². The first-order chi connectivity index (χ1) is 21.9. The molecule has 1 aromatic rings. The second-order valence-corrected chi connectivity index (χ2v) is 20.5. The summed E-state index contributed by atoms with van der Waals surface area (Å²) in [5.74, 6) is 0.593. The molecule has 1 amide bonds. The summed E-state index contributed by atoms with van der Waals surface area (Å²) in [5.41, 5.74) is -0.852. The average Bonchev–Trinajstić information content (AvgIpc) is 3.64. The van der Waals surface area contributed by atoms with Crippen LogP contribution in [-0.2, 0) is 30.9 Å². The van der Waals surface area contributed by atoms with Gasteiger partial charge >= 0.3 is 5.97 Å². The van der Waals surface area contributed by atoms with E-state index in [1.807, 2.05) is 34.6 Å². The van der Waals surface area contributed by atoms with E-state index < -0.39 is 17.3 Å². The Kier molecular flexibility index (Phi) is 8.67. The molecule has 1 unspecified atom stereocenters. The fourth-order valence-electron chi connectivity index (χ4n) is 12.2. The van der Waals surface area contributed by atoms with Crippen LogP contribution in [0.3, 0.4) is 0 Å². The number of fused-ring (bicyclic) bond motifs is 6. The lowest BCUT2D eigenvalue weighted by Crippen LogP contribution is -2.66. The van der Waals surface area contributed by atoms with Crippen molar-refractivity contribution in [3.8, 4) is 0 Å². The van der Waals surface area contributed by atoms with Gasteiger partial charge in [-0.2, -0.15) is 0 Å². The van der Waals surface area contributed by atoms with Crippen LogP contribution in [0.5, 0.6) is 0 Å². The molecular formula is C39H62N2O6S. The topological polar surface area (TPSA) is 118 Å². The van der Waals surface area contributed by atoms with Crippen LogP contribution in [0.4, 0.5) is 5.13 Å². The molecule has 10 atom stereocenters. The van der Waals surface area contributed by atoms with Gasteiger partial charge in [0.15, 0.2) is 5.13 Å². The van der Waals surface area contributed by atoms with E-state index >= 15 is 0 Å². The number of carbonyl (C=O) groups excluding carboxylic acids is 2. The minimum absolute atomic E-state index is 0.0153. The van der Waals surface area contributed by atoms with E-state index in [1.165, 1.54) is 4.88 Å². The van der Waals surface area contributed by atoms with Gasteiger partial charge in [0.1, 0.15) is 5.60 Å². The molecule has 5 aliphatic rings. The number of amides is 1. The van der Waals surface area contributed by atoms with Crippen molar-refractivity contribution in [2.24, 2.45) is 39.9 Å². The highest BCUT2D eigenvalue weighted by Crippen LogP contribution is 2.76. The number of aromatic nitrogens is 1. The molecule has 1 aliphatic heterocycles. The molecule has 1 saturated heterocycles. The number of esters is 1. The molecule has 4 fully saturated rings. The predicted octanol–water partition coefficient (Wildman–Crippen LogP) is 7.58. The molecular weight excluding hydrogens is 625 g/mol. The van der Waals surface area contributed by atoms with Gasteiger partial charge in [0.2, 0.25) is 5.91 Å². The Hall–Kier alpha value is -1.55. The van der Waals surface area contributed by atoms with Gasteiger partial charge in [0.25, 0.3) is 0 Å². The first-order valence-corrected chi connectivity index (χ1v) is 19.4. The molecule has 3 N–H and O–H groups in total. The standard InChI is InChI=1S/C39H62N2O6S/c1-33(2,3)47-29(44)13-12-28(43)40-32-41-31-24(48-32)21-36(8)25(34(31,4)5)15-18-37(9)26(36)20-23(42)30-22(14-17-38(30,37)10)39(11)19-16-27(46-39)35(6,7)45/h22-23,25-27,30,42,45H,12-21H2,1-11H3,(H,40,41,43)/t22?,23-,25+,26-,27-,30+,36+,37-,38-,39+/m1/s1. The predicted molar refractivity (Wildman–Crippen MR) is 189 cm³/mol. The summed E-state index contributed by atoms with van der Waals surface area (Å²) in [6, 6.07) is 0. The highest BCUT2D eigenvalue weighted by Gasteiger charge is 2.72. The average molecular weight is 687 g/mol. The van der Waals surface area contributed by atoms with Crippen molar-refractivity contribution in [1.82, 2.24) is 4.98 Å². The lowest BCUT2D eigenvalue weighted by atomic mass is 9.35. The van der Waals surface area contributed by atoms with E-state index in [-0.39, 0.29) is 69.9 Å². The van der Waals surface area contributed by atoms with Crippen molar-refractivity contribution in [2.75, 3.05) is 5.32 Å². The molecule has 2 heterocycles. The number of aliphatic hydroxyl groups is 2. The third-order valence-electron chi connectivity index (χ3n) is 14.5. The monoisotopic (exact) mass is 686 g/mol. The molecule has 0 aromatic carbocycles. The number of anilines is 1. The number of rotatable bonds is 6. The largest absolute Gasteiger partial charge is 0.460 e. The number of nitrogens with zero attached hydrogens (tertiary/aromatic N) is 1. The van der Waals surface area contributed by atoms with Gasteiger partial charge in [0, 0.05) is 16.7 Å². The molecule has 48 heavy (non-hydrogen) atoms. The zero-order valence-electron chi connectivity index (χ0n) is 31.4. The van der Waals surface area contributed by atoms with Crippen LogP contribution in [0, 0.1) is 39.9 Å². The van der Waals surface area contributed by atoms with E-state index in [0.717, 1.165) is 57.1 Å². The molecule has 4 aliphatic carbocycles. The SMILES string of the molecule is CC(C)(C)OC(=O)CCC(=O)Nc1nc2c(s1)C[C@]1(C)[C@H]3C[C@@H](O)[C@@H]4C([C@]5(C)CC[C@H](C(C)(C)O)O5)CC[C@@]4(C)[C@]3(C)CC[C@H]1C2(C)C. The Labute approximate surface area is 292 Å². The maximum Gasteiger partial charge on any atom is 0.306 e. The number of hydrogen-bond acceptors (Lipinski definition) is 8. The minimum atomic E-state index is -0.874. The lowest BCUT2D eigenvalue weighted by molar-refractivity contribution is -0.227. The van der Waals surface area contributed by atoms with Gasteiger partial charge < -0.3 is 25.0 Å². The van der Waals surface area contributed by atoms with Gasteiger partial charge in [-0.1, -0.05) is 34.6 Å². The van der Waals surface area contributed by atoms with Crippen LogP contribution in [0.1, 0.15) is 145 Å². The van der Waals surface area contributed by atoms with E-state index in [1.54, 1.807) is 11.3 Å². The molecule has 9 heteroatoms. The van der Waals surface area contributed by atoms with Crippen LogP contribution in [0.2, 0.25) is 0 Å². The Morgan fingerprint density at radius 3 is 2.25 bits per heavy atom. The van der Waals surface area contributed by atoms with Crippen molar-refractivity contribution in [3.63, 3.8) is 0 Å². The zero-order chi connectivity index (χ0) is 35.5. The normalized spacial score (nSPS) is 41.9. The molecule has 0 spiro atoms. The fraction of sp³-hybridized carbons (Fsp3) is 0.872. The number of hydrogen-bond donors (Lipinski definition) is 3. The summed E-state index contributed by atoms with van der Waals surface area (Å²) >= 11 is 1.58. The summed E-state index contributed by atoms with van der Waals surface area (Å²) in [4.78, 5) is 31.4. The molecule has 8 nitrogen and oxygen atoms in total. The maximum atomic E-state index is 12.9. The van der Waals surface area contributed by atoms with Crippen LogP contribution >= 0.6 is 11.3 Å². The van der Waals surface area contributed by atoms with Crippen LogP contribution in [0.25, 0.3) is 0 Å². The van der Waals surface area contributed by atoms with Gasteiger partial charge in [-0.25, -0.2) is 4.98 Å². The number of aliphatic hydroxyl groups excluding tert-OH is 1. The molecule has 0 radical (unpaired) electrons. The Morgan fingerprint density at radius 1 is 0.958 bits per heavy atom. The number of nitrogens with one attached hydrogen (secondary N) is 1. The molecule has 3 saturated carbocycles. The van der Waals surface area contributed by atoms with Crippen LogP contribution in [0.15, 0.2) is 0 Å². The van der Waals surface area contributed by atoms with E-state index in [4.69, 9.17) is 14.5 Å². The summed E-state index contributed by atoms with van der Waals surface area (Å²) in [5, 5.41) is 26.6. The number of thiazole rings is 1. The van der Waals surface area contributed by atoms with Crippen molar-refractivity contribution >= 4 is 28.3 Å². The first kappa shape index (κ1) is 36.2. The highest BCUT2D eigenvalue weighted by atomic mass is 32.1. The van der Waals surface area contributed by atoms with Crippen LogP contribution in [-0.4, -0.2) is 56.1 Å². The highest BCUT2D eigenvalue weighted by molar-refractivity contribution is 7.15. The second kappa shape index (κ2) is 11.5. The van der Waals surface area contributed by atoms with Crippen LogP contribution < -0.4 is 5.32 Å². The summed E-state index contributed by atoms with van der Waals surface area (Å²) in [6.45, 7) is 23.6. The third-order valence-corrected chi connectivity index (χ3v) is 15.5. The molecule has 0 bridgehead atoms. The first-order valence-electron chi connectivity index (χ1n) is 18.5. The van der Waals surface area contributed by atoms with E-state index in [0.29, 0.717) is 17.0 Å². The molecule has 270 valence electrons. The summed E-state index contributed by atoms with van der Waals surface area (Å²) in [6.07, 6.45) is 7.38. The quantitative estimate of drug-likeness (QED) is 0.264. The zero-order valence-corrected chi connectivity index (χ0v) is 32.2. The molecule has 1 aromatic heterocycles. The second-order valence-electron chi connectivity index (χ2n) is 19.4. The Morgan fingerprint density at radius 2 is 1.62 bits per heavy atom. The van der Waals surface area contributed by atoms with Gasteiger partial charge in [-0.15, -0.1) is 11.3 Å². The van der Waals surface area contributed by atoms with Crippen molar-refractivity contribution in [1.29, 1.82) is 0 Å². The lowest BCUT2D eigenvalue weighted by Gasteiger charge is -2.69. The molecule has 6 rings (SSSR count). The summed E-state index contributed by atoms with van der Waals surface area (Å²) < 4.78 is 12.1. The van der Waals surface area contributed by atoms with Crippen molar-refractivity contribution < 1.29 is 29.3 Å². The third kappa shape index (κ3) is 5.69. The number of ether oxygens (including phenoxy) is 2. The van der Waals surface area contributed by atoms with E-state index in [2.05, 4.69) is 46.9 Å². The van der Waals surface area contributed by atoms with Crippen molar-refractivity contribution in [2.45, 2.75) is 175 Å². The maximum absolute atomic E-state index is 12.9. The minimum Gasteiger partial charge on any atom is -0.460 e. The Bertz CT molecular complexity index is 1440. The Balaban J connectivity index is 1.23. The summed E-state index contributed by atoms with van der Waals surface area (Å²) in [7, 11) is 0. The van der Waals surface area contributed by atoms with Gasteiger partial charge in [-0.3, -0.25) is 9.59 Å².